The van der Waals surface area contributed by atoms with Crippen molar-refractivity contribution in [2.45, 2.75) is 24.0 Å². The molecule has 0 saturated carbocycles. The number of nitrogens with zero attached hydrogens (tertiary/aromatic N) is 1. The van der Waals surface area contributed by atoms with Gasteiger partial charge in [0.2, 0.25) is 5.91 Å². The molecule has 0 aromatic heterocycles. The number of rotatable bonds is 6. The van der Waals surface area contributed by atoms with Crippen LogP contribution in [0.25, 0.3) is 0 Å². The highest BCUT2D eigenvalue weighted by atomic mass is 35.5. The van der Waals surface area contributed by atoms with Crippen molar-refractivity contribution in [1.29, 1.82) is 5.26 Å². The van der Waals surface area contributed by atoms with Crippen LogP contribution >= 0.6 is 23.4 Å². The van der Waals surface area contributed by atoms with Crippen LogP contribution < -0.4 is 10.1 Å². The van der Waals surface area contributed by atoms with E-state index in [9.17, 15) is 4.79 Å². The Balaban J connectivity index is 2.10. The molecule has 2 aromatic carbocycles. The number of anilines is 1. The lowest BCUT2D eigenvalue weighted by Crippen LogP contribution is -2.22. The molecule has 4 nitrogen and oxygen atoms in total. The lowest BCUT2D eigenvalue weighted by atomic mass is 10.2. The van der Waals surface area contributed by atoms with Gasteiger partial charge in [-0.3, -0.25) is 4.79 Å². The lowest BCUT2D eigenvalue weighted by Gasteiger charge is -2.15. The summed E-state index contributed by atoms with van der Waals surface area (Å²) in [6, 6.07) is 14.3. The second-order valence-electron chi connectivity index (χ2n) is 4.96. The topological polar surface area (TPSA) is 62.1 Å². The number of hydrogen-bond acceptors (Lipinski definition) is 4. The second kappa shape index (κ2) is 8.62. The van der Waals surface area contributed by atoms with Gasteiger partial charge in [0.05, 0.1) is 29.2 Å². The molecule has 1 atom stereocenters. The van der Waals surface area contributed by atoms with Gasteiger partial charge in [-0.25, -0.2) is 0 Å². The standard InChI is InChI=1S/C18H17ClN2O2S/c1-3-23-17-9-4-13(11-20)10-16(17)21-18(22)12(2)24-15-7-5-14(19)6-8-15/h4-10,12H,3H2,1-2H3,(H,21,22). The van der Waals surface area contributed by atoms with Crippen LogP contribution in [0.3, 0.4) is 0 Å². The van der Waals surface area contributed by atoms with Gasteiger partial charge in [0.1, 0.15) is 5.75 Å². The third-order valence-corrected chi connectivity index (χ3v) is 4.53. The molecule has 6 heteroatoms. The van der Waals surface area contributed by atoms with Crippen molar-refractivity contribution in [2.24, 2.45) is 0 Å². The van der Waals surface area contributed by atoms with Crippen LogP contribution in [0.5, 0.6) is 5.75 Å². The van der Waals surface area contributed by atoms with Crippen molar-refractivity contribution in [3.05, 3.63) is 53.1 Å². The smallest absolute Gasteiger partial charge is 0.237 e. The molecule has 0 aliphatic rings. The van der Waals surface area contributed by atoms with Gasteiger partial charge in [0.25, 0.3) is 0 Å². The molecular weight excluding hydrogens is 344 g/mol. The van der Waals surface area contributed by atoms with Crippen molar-refractivity contribution in [3.63, 3.8) is 0 Å². The Morgan fingerprint density at radius 3 is 2.67 bits per heavy atom. The molecule has 0 aliphatic heterocycles. The highest BCUT2D eigenvalue weighted by molar-refractivity contribution is 8.00. The lowest BCUT2D eigenvalue weighted by molar-refractivity contribution is -0.115. The van der Waals surface area contributed by atoms with Crippen molar-refractivity contribution in [3.8, 4) is 11.8 Å². The Labute approximate surface area is 150 Å². The predicted octanol–water partition coefficient (Wildman–Crippen LogP) is 4.73. The number of amides is 1. The number of carbonyl (C=O) groups excluding carboxylic acids is 1. The summed E-state index contributed by atoms with van der Waals surface area (Å²) in [7, 11) is 0. The van der Waals surface area contributed by atoms with Crippen LogP contribution in [0.1, 0.15) is 19.4 Å². The van der Waals surface area contributed by atoms with E-state index in [-0.39, 0.29) is 11.2 Å². The van der Waals surface area contributed by atoms with E-state index < -0.39 is 0 Å². The minimum Gasteiger partial charge on any atom is -0.492 e. The third kappa shape index (κ3) is 4.92. The summed E-state index contributed by atoms with van der Waals surface area (Å²) in [5, 5.41) is 12.2. The number of ether oxygens (including phenoxy) is 1. The van der Waals surface area contributed by atoms with Gasteiger partial charge >= 0.3 is 0 Å². The second-order valence-corrected chi connectivity index (χ2v) is 6.81. The first kappa shape index (κ1) is 18.2. The van der Waals surface area contributed by atoms with Crippen molar-refractivity contribution < 1.29 is 9.53 Å². The Hall–Kier alpha value is -2.16. The number of nitriles is 1. The number of halogens is 1. The number of thioether (sulfide) groups is 1. The van der Waals surface area contributed by atoms with Crippen LogP contribution in [0, 0.1) is 11.3 Å². The summed E-state index contributed by atoms with van der Waals surface area (Å²) in [6.07, 6.45) is 0. The van der Waals surface area contributed by atoms with E-state index >= 15 is 0 Å². The van der Waals surface area contributed by atoms with Crippen molar-refractivity contribution in [2.75, 3.05) is 11.9 Å². The molecule has 124 valence electrons. The molecule has 1 unspecified atom stereocenters. The highest BCUT2D eigenvalue weighted by Crippen LogP contribution is 2.29. The number of hydrogen-bond donors (Lipinski definition) is 1. The number of benzene rings is 2. The molecule has 0 aliphatic carbocycles. The van der Waals surface area contributed by atoms with Gasteiger partial charge in [0, 0.05) is 9.92 Å². The maximum Gasteiger partial charge on any atom is 0.237 e. The van der Waals surface area contributed by atoms with Crippen LogP contribution in [-0.4, -0.2) is 17.8 Å². The van der Waals surface area contributed by atoms with Crippen LogP contribution in [-0.2, 0) is 4.79 Å². The Morgan fingerprint density at radius 2 is 2.04 bits per heavy atom. The zero-order chi connectivity index (χ0) is 17.5. The fraction of sp³-hybridized carbons (Fsp3) is 0.222. The maximum absolute atomic E-state index is 12.4. The Kier molecular flexibility index (Phi) is 6.53. The van der Waals surface area contributed by atoms with Crippen molar-refractivity contribution in [1.82, 2.24) is 0 Å². The third-order valence-electron chi connectivity index (χ3n) is 3.16. The fourth-order valence-corrected chi connectivity index (χ4v) is 2.98. The quantitative estimate of drug-likeness (QED) is 0.756. The van der Waals surface area contributed by atoms with E-state index in [2.05, 4.69) is 11.4 Å². The van der Waals surface area contributed by atoms with E-state index in [4.69, 9.17) is 21.6 Å². The summed E-state index contributed by atoms with van der Waals surface area (Å²) >= 11 is 7.30. The molecule has 24 heavy (non-hydrogen) atoms. The molecule has 0 radical (unpaired) electrons. The first-order valence-electron chi connectivity index (χ1n) is 7.43. The molecular formula is C18H17ClN2O2S. The van der Waals surface area contributed by atoms with E-state index in [1.54, 1.807) is 30.3 Å². The van der Waals surface area contributed by atoms with Gasteiger partial charge in [0.15, 0.2) is 0 Å². The van der Waals surface area contributed by atoms with E-state index in [0.29, 0.717) is 28.6 Å². The molecule has 0 bridgehead atoms. The monoisotopic (exact) mass is 360 g/mol. The number of carbonyl (C=O) groups is 1. The van der Waals surface area contributed by atoms with Crippen molar-refractivity contribution >= 4 is 35.0 Å². The van der Waals surface area contributed by atoms with Gasteiger partial charge in [-0.05, 0) is 56.3 Å². The van der Waals surface area contributed by atoms with E-state index in [0.717, 1.165) is 4.90 Å². The van der Waals surface area contributed by atoms with Crippen LogP contribution in [0.4, 0.5) is 5.69 Å². The molecule has 1 N–H and O–H groups in total. The average Bonchev–Trinajstić information content (AvgIpc) is 2.58. The van der Waals surface area contributed by atoms with Gasteiger partial charge in [-0.2, -0.15) is 5.26 Å². The molecule has 2 aromatic rings. The summed E-state index contributed by atoms with van der Waals surface area (Å²) in [5.74, 6) is 0.388. The molecule has 0 saturated heterocycles. The molecule has 0 spiro atoms. The molecule has 1 amide bonds. The highest BCUT2D eigenvalue weighted by Gasteiger charge is 2.17. The molecule has 2 rings (SSSR count). The Morgan fingerprint density at radius 1 is 1.33 bits per heavy atom. The Bertz CT molecular complexity index is 757. The summed E-state index contributed by atoms with van der Waals surface area (Å²) in [4.78, 5) is 13.4. The number of nitrogens with one attached hydrogen (secondary N) is 1. The first-order chi connectivity index (χ1) is 11.5. The predicted molar refractivity (Wildman–Crippen MR) is 97.7 cm³/mol. The normalized spacial score (nSPS) is 11.4. The average molecular weight is 361 g/mol. The SMILES string of the molecule is CCOc1ccc(C#N)cc1NC(=O)C(C)Sc1ccc(Cl)cc1. The first-order valence-corrected chi connectivity index (χ1v) is 8.69. The fourth-order valence-electron chi connectivity index (χ4n) is 1.98. The van der Waals surface area contributed by atoms with Crippen LogP contribution in [0.15, 0.2) is 47.4 Å². The van der Waals surface area contributed by atoms with E-state index in [1.807, 2.05) is 26.0 Å². The van der Waals surface area contributed by atoms with Crippen LogP contribution in [0.2, 0.25) is 5.02 Å². The molecule has 0 fully saturated rings. The van der Waals surface area contributed by atoms with Gasteiger partial charge in [-0.15, -0.1) is 11.8 Å². The summed E-state index contributed by atoms with van der Waals surface area (Å²) in [6.45, 7) is 4.16. The molecule has 0 heterocycles. The summed E-state index contributed by atoms with van der Waals surface area (Å²) in [5.41, 5.74) is 0.969. The zero-order valence-electron chi connectivity index (χ0n) is 13.4. The van der Waals surface area contributed by atoms with Gasteiger partial charge < -0.3 is 10.1 Å². The largest absolute Gasteiger partial charge is 0.492 e. The zero-order valence-corrected chi connectivity index (χ0v) is 14.9. The summed E-state index contributed by atoms with van der Waals surface area (Å²) < 4.78 is 5.50. The van der Waals surface area contributed by atoms with Gasteiger partial charge in [-0.1, -0.05) is 11.6 Å². The minimum absolute atomic E-state index is 0.161. The maximum atomic E-state index is 12.4. The minimum atomic E-state index is -0.314. The van der Waals surface area contributed by atoms with E-state index in [1.165, 1.54) is 11.8 Å².